The highest BCUT2D eigenvalue weighted by Crippen LogP contribution is 2.24. The molecule has 0 aliphatic heterocycles. The fourth-order valence-corrected chi connectivity index (χ4v) is 1.85. The Balaban J connectivity index is 2.85. The van der Waals surface area contributed by atoms with Crippen molar-refractivity contribution in [3.8, 4) is 0 Å². The van der Waals surface area contributed by atoms with Crippen LogP contribution in [0.4, 0.5) is 0 Å². The summed E-state index contributed by atoms with van der Waals surface area (Å²) >= 11 is 16.8. The van der Waals surface area contributed by atoms with Gasteiger partial charge in [0.25, 0.3) is 0 Å². The van der Waals surface area contributed by atoms with E-state index in [0.717, 1.165) is 0 Å². The quantitative estimate of drug-likeness (QED) is 0.652. The first-order valence-corrected chi connectivity index (χ1v) is 5.58. The lowest BCUT2D eigenvalue weighted by molar-refractivity contribution is 0.0169. The van der Waals surface area contributed by atoms with E-state index < -0.39 is 12.2 Å². The molecule has 0 bridgehead atoms. The fourth-order valence-electron chi connectivity index (χ4n) is 1.15. The number of hydrogen-bond donors (Lipinski definition) is 2. The highest BCUT2D eigenvalue weighted by Gasteiger charge is 2.18. The molecule has 2 atom stereocenters. The normalized spacial score (nSPS) is 15.0. The average molecular weight is 271 g/mol. The lowest BCUT2D eigenvalue weighted by Crippen LogP contribution is -2.18. The molecule has 2 unspecified atom stereocenters. The first-order valence-electron chi connectivity index (χ1n) is 4.29. The van der Waals surface area contributed by atoms with E-state index in [9.17, 15) is 10.2 Å². The van der Waals surface area contributed by atoms with Crippen molar-refractivity contribution in [3.05, 3.63) is 28.0 Å². The van der Waals surface area contributed by atoms with Gasteiger partial charge < -0.3 is 10.2 Å². The second-order valence-corrected chi connectivity index (χ2v) is 4.19. The summed E-state index contributed by atoms with van der Waals surface area (Å²) in [6.45, 7) is 0. The molecule has 0 spiro atoms. The van der Waals surface area contributed by atoms with Crippen LogP contribution in [0.3, 0.4) is 0 Å². The van der Waals surface area contributed by atoms with Gasteiger partial charge in [0.15, 0.2) is 0 Å². The lowest BCUT2D eigenvalue weighted by Gasteiger charge is -2.17. The van der Waals surface area contributed by atoms with Gasteiger partial charge in [0.1, 0.15) is 16.4 Å². The van der Waals surface area contributed by atoms with Gasteiger partial charge in [-0.25, -0.2) is 4.98 Å². The van der Waals surface area contributed by atoms with Gasteiger partial charge in [-0.3, -0.25) is 0 Å². The van der Waals surface area contributed by atoms with Crippen LogP contribution >= 0.6 is 34.8 Å². The topological polar surface area (TPSA) is 53.4 Å². The molecule has 1 aromatic rings. The molecular formula is C9H10Cl3NO2. The Morgan fingerprint density at radius 1 is 1.20 bits per heavy atom. The van der Waals surface area contributed by atoms with Gasteiger partial charge in [-0.15, -0.1) is 11.6 Å². The molecule has 84 valence electrons. The Hall–Kier alpha value is -0.0600. The van der Waals surface area contributed by atoms with Gasteiger partial charge in [0.05, 0.1) is 6.10 Å². The van der Waals surface area contributed by atoms with Crippen molar-refractivity contribution in [1.82, 2.24) is 4.98 Å². The molecule has 0 fully saturated rings. The number of rotatable bonds is 4. The van der Waals surface area contributed by atoms with Crippen molar-refractivity contribution < 1.29 is 10.2 Å². The van der Waals surface area contributed by atoms with E-state index in [1.807, 2.05) is 0 Å². The van der Waals surface area contributed by atoms with E-state index in [1.54, 1.807) is 0 Å². The van der Waals surface area contributed by atoms with Crippen molar-refractivity contribution in [3.63, 3.8) is 0 Å². The molecule has 6 heteroatoms. The Morgan fingerprint density at radius 3 is 2.20 bits per heavy atom. The minimum absolute atomic E-state index is 0.176. The standard InChI is InChI=1S/C9H10Cl3NO2/c10-2-1-6(14)9(15)5-3-7(11)13-8(12)4-5/h3-4,6,9,14-15H,1-2H2. The van der Waals surface area contributed by atoms with Crippen LogP contribution in [-0.2, 0) is 0 Å². The SMILES string of the molecule is OC(CCCl)C(O)c1cc(Cl)nc(Cl)c1. The number of aromatic nitrogens is 1. The van der Waals surface area contributed by atoms with Gasteiger partial charge in [0, 0.05) is 5.88 Å². The number of pyridine rings is 1. The maximum absolute atomic E-state index is 9.72. The second-order valence-electron chi connectivity index (χ2n) is 3.04. The molecule has 15 heavy (non-hydrogen) atoms. The van der Waals surface area contributed by atoms with E-state index in [1.165, 1.54) is 12.1 Å². The zero-order chi connectivity index (χ0) is 11.4. The van der Waals surface area contributed by atoms with Crippen molar-refractivity contribution in [2.45, 2.75) is 18.6 Å². The summed E-state index contributed by atoms with van der Waals surface area (Å²) in [7, 11) is 0. The first kappa shape index (κ1) is 13.0. The molecular weight excluding hydrogens is 260 g/mol. The molecule has 0 aromatic carbocycles. The first-order chi connectivity index (χ1) is 7.04. The Bertz CT molecular complexity index is 315. The maximum Gasteiger partial charge on any atom is 0.131 e. The van der Waals surface area contributed by atoms with Gasteiger partial charge in [0.2, 0.25) is 0 Å². The predicted octanol–water partition coefficient (Wildman–Crippen LogP) is 2.41. The summed E-state index contributed by atoms with van der Waals surface area (Å²) in [5.41, 5.74) is 0.428. The summed E-state index contributed by atoms with van der Waals surface area (Å²) in [4.78, 5) is 3.73. The minimum atomic E-state index is -1.05. The summed E-state index contributed by atoms with van der Waals surface area (Å²) in [6, 6.07) is 2.91. The number of halogens is 3. The van der Waals surface area contributed by atoms with Crippen LogP contribution in [0.2, 0.25) is 10.3 Å². The third kappa shape index (κ3) is 3.78. The third-order valence-corrected chi connectivity index (χ3v) is 2.50. The second kappa shape index (κ2) is 5.87. The number of nitrogens with zero attached hydrogens (tertiary/aromatic N) is 1. The Morgan fingerprint density at radius 2 is 1.73 bits per heavy atom. The Kier molecular flexibility index (Phi) is 5.09. The maximum atomic E-state index is 9.72. The molecule has 0 radical (unpaired) electrons. The minimum Gasteiger partial charge on any atom is -0.390 e. The van der Waals surface area contributed by atoms with E-state index in [0.29, 0.717) is 12.0 Å². The summed E-state index contributed by atoms with van der Waals surface area (Å²) in [5.74, 6) is 0.269. The van der Waals surface area contributed by atoms with Crippen molar-refractivity contribution in [1.29, 1.82) is 0 Å². The van der Waals surface area contributed by atoms with E-state index in [4.69, 9.17) is 34.8 Å². The van der Waals surface area contributed by atoms with E-state index >= 15 is 0 Å². The van der Waals surface area contributed by atoms with Crippen molar-refractivity contribution >= 4 is 34.8 Å². The van der Waals surface area contributed by atoms with Crippen molar-refractivity contribution in [2.24, 2.45) is 0 Å². The lowest BCUT2D eigenvalue weighted by atomic mass is 10.0. The zero-order valence-corrected chi connectivity index (χ0v) is 9.97. The third-order valence-electron chi connectivity index (χ3n) is 1.90. The molecule has 0 aliphatic rings. The fraction of sp³-hybridized carbons (Fsp3) is 0.444. The molecule has 3 nitrogen and oxygen atoms in total. The molecule has 0 amide bonds. The highest BCUT2D eigenvalue weighted by molar-refractivity contribution is 6.32. The molecule has 1 rings (SSSR count). The monoisotopic (exact) mass is 269 g/mol. The Labute approximate surface area is 103 Å². The smallest absolute Gasteiger partial charge is 0.131 e. The molecule has 0 aliphatic carbocycles. The van der Waals surface area contributed by atoms with E-state index in [2.05, 4.69) is 4.98 Å². The van der Waals surface area contributed by atoms with Crippen LogP contribution in [0, 0.1) is 0 Å². The summed E-state index contributed by atoms with van der Waals surface area (Å²) < 4.78 is 0. The van der Waals surface area contributed by atoms with Gasteiger partial charge in [-0.2, -0.15) is 0 Å². The largest absolute Gasteiger partial charge is 0.390 e. The molecule has 0 saturated heterocycles. The summed E-state index contributed by atoms with van der Waals surface area (Å²) in [6.07, 6.45) is -1.70. The number of aliphatic hydroxyl groups excluding tert-OH is 2. The van der Waals surface area contributed by atoms with Gasteiger partial charge in [-0.05, 0) is 24.1 Å². The van der Waals surface area contributed by atoms with Crippen LogP contribution in [-0.4, -0.2) is 27.2 Å². The van der Waals surface area contributed by atoms with Crippen LogP contribution in [0.5, 0.6) is 0 Å². The van der Waals surface area contributed by atoms with Crippen LogP contribution in [0.1, 0.15) is 18.1 Å². The van der Waals surface area contributed by atoms with Crippen molar-refractivity contribution in [2.75, 3.05) is 5.88 Å². The zero-order valence-electron chi connectivity index (χ0n) is 7.70. The average Bonchev–Trinajstić information content (AvgIpc) is 2.15. The van der Waals surface area contributed by atoms with Crippen LogP contribution < -0.4 is 0 Å². The number of hydrogen-bond acceptors (Lipinski definition) is 3. The highest BCUT2D eigenvalue weighted by atomic mass is 35.5. The van der Waals surface area contributed by atoms with Gasteiger partial charge >= 0.3 is 0 Å². The molecule has 1 heterocycles. The van der Waals surface area contributed by atoms with Crippen LogP contribution in [0.25, 0.3) is 0 Å². The molecule has 2 N–H and O–H groups in total. The molecule has 0 saturated carbocycles. The summed E-state index contributed by atoms with van der Waals surface area (Å²) in [5, 5.41) is 19.6. The predicted molar refractivity (Wildman–Crippen MR) is 60.6 cm³/mol. The van der Waals surface area contributed by atoms with Crippen LogP contribution in [0.15, 0.2) is 12.1 Å². The molecule has 1 aromatic heterocycles. The van der Waals surface area contributed by atoms with E-state index in [-0.39, 0.29) is 16.2 Å². The van der Waals surface area contributed by atoms with Gasteiger partial charge in [-0.1, -0.05) is 23.2 Å². The number of alkyl halides is 1. The number of aliphatic hydroxyl groups is 2.